The molecule has 3 nitrogen and oxygen atoms in total. The summed E-state index contributed by atoms with van der Waals surface area (Å²) in [7, 11) is 0. The minimum absolute atomic E-state index is 0.642. The van der Waals surface area contributed by atoms with Crippen molar-refractivity contribution in [3.05, 3.63) is 187 Å². The topological polar surface area (TPSA) is 38.7 Å². The molecule has 230 valence electrons. The highest BCUT2D eigenvalue weighted by atomic mass is 15.0. The summed E-state index contributed by atoms with van der Waals surface area (Å²) in [6.07, 6.45) is 0.972. The Labute approximate surface area is 286 Å². The molecule has 0 spiro atoms. The Bertz CT molecular complexity index is 2380. The number of fused-ring (bicyclic) bond motifs is 3. The zero-order chi connectivity index (χ0) is 32.6. The third-order valence-corrected chi connectivity index (χ3v) is 9.35. The predicted octanol–water partition coefficient (Wildman–Crippen LogP) is 11.4. The van der Waals surface area contributed by atoms with Crippen molar-refractivity contribution in [3.63, 3.8) is 0 Å². The molecule has 0 saturated carbocycles. The molecule has 0 atom stereocenters. The Morgan fingerprint density at radius 1 is 0.265 bits per heavy atom. The molecule has 0 N–H and O–H groups in total. The zero-order valence-corrected chi connectivity index (χ0v) is 26.8. The fraction of sp³-hybridized carbons (Fsp3) is 0.0217. The van der Waals surface area contributed by atoms with Crippen molar-refractivity contribution in [1.82, 2.24) is 15.0 Å². The third-order valence-electron chi connectivity index (χ3n) is 9.35. The van der Waals surface area contributed by atoms with Crippen LogP contribution >= 0.6 is 0 Å². The predicted molar refractivity (Wildman–Crippen MR) is 201 cm³/mol. The number of hydrogen-bond acceptors (Lipinski definition) is 3. The first-order valence-electron chi connectivity index (χ1n) is 16.6. The van der Waals surface area contributed by atoms with Crippen LogP contribution in [0.3, 0.4) is 0 Å². The minimum Gasteiger partial charge on any atom is -0.208 e. The largest absolute Gasteiger partial charge is 0.208 e. The summed E-state index contributed by atoms with van der Waals surface area (Å²) in [5.74, 6) is 1.94. The average molecular weight is 626 g/mol. The summed E-state index contributed by atoms with van der Waals surface area (Å²) in [5, 5.41) is 0. The van der Waals surface area contributed by atoms with Crippen LogP contribution in [0.25, 0.3) is 78.7 Å². The van der Waals surface area contributed by atoms with Gasteiger partial charge in [0.25, 0.3) is 0 Å². The van der Waals surface area contributed by atoms with Gasteiger partial charge >= 0.3 is 0 Å². The molecule has 7 aromatic carbocycles. The quantitative estimate of drug-likeness (QED) is 0.185. The van der Waals surface area contributed by atoms with Crippen LogP contribution in [-0.2, 0) is 6.42 Å². The lowest BCUT2D eigenvalue weighted by atomic mass is 9.93. The Morgan fingerprint density at radius 3 is 1.29 bits per heavy atom. The Hall–Kier alpha value is -6.45. The van der Waals surface area contributed by atoms with Gasteiger partial charge < -0.3 is 0 Å². The van der Waals surface area contributed by atoms with Gasteiger partial charge in [-0.15, -0.1) is 0 Å². The number of rotatable bonds is 6. The van der Waals surface area contributed by atoms with E-state index in [1.165, 1.54) is 38.9 Å². The van der Waals surface area contributed by atoms with Crippen LogP contribution < -0.4 is 0 Å². The van der Waals surface area contributed by atoms with E-state index in [0.717, 1.165) is 39.8 Å². The molecule has 0 radical (unpaired) electrons. The number of aromatic nitrogens is 3. The van der Waals surface area contributed by atoms with E-state index >= 15 is 0 Å². The van der Waals surface area contributed by atoms with Gasteiger partial charge in [0.05, 0.1) is 0 Å². The standard InChI is InChI=1S/C46H31N3/c1-4-12-31(13-5-1)32-20-22-33(23-21-32)39-27-40(36-24-25-38-26-37-18-10-11-19-42(37)43(38)30-36)29-41(28-39)46-48-44(34-14-6-2-7-15-34)47-45(49-46)35-16-8-3-9-17-35/h1-25,27-30H,26H2. The number of nitrogens with zero attached hydrogens (tertiary/aromatic N) is 3. The van der Waals surface area contributed by atoms with E-state index < -0.39 is 0 Å². The van der Waals surface area contributed by atoms with Crippen molar-refractivity contribution >= 4 is 0 Å². The molecular formula is C46H31N3. The highest BCUT2D eigenvalue weighted by molar-refractivity contribution is 5.85. The van der Waals surface area contributed by atoms with Gasteiger partial charge in [-0.05, 0) is 86.3 Å². The molecule has 1 aliphatic rings. The van der Waals surface area contributed by atoms with Gasteiger partial charge in [0, 0.05) is 16.7 Å². The second-order valence-electron chi connectivity index (χ2n) is 12.5. The smallest absolute Gasteiger partial charge is 0.164 e. The van der Waals surface area contributed by atoms with Crippen LogP contribution in [0.1, 0.15) is 11.1 Å². The zero-order valence-electron chi connectivity index (χ0n) is 26.8. The summed E-state index contributed by atoms with van der Waals surface area (Å²) in [6, 6.07) is 62.0. The van der Waals surface area contributed by atoms with Crippen molar-refractivity contribution < 1.29 is 0 Å². The molecule has 0 unspecified atom stereocenters. The van der Waals surface area contributed by atoms with Gasteiger partial charge in [-0.3, -0.25) is 0 Å². The monoisotopic (exact) mass is 625 g/mol. The molecular weight excluding hydrogens is 595 g/mol. The first kappa shape index (κ1) is 28.7. The first-order valence-corrected chi connectivity index (χ1v) is 16.6. The summed E-state index contributed by atoms with van der Waals surface area (Å²) in [5.41, 5.74) is 15.2. The molecule has 1 heterocycles. The summed E-state index contributed by atoms with van der Waals surface area (Å²) in [4.78, 5) is 15.1. The van der Waals surface area contributed by atoms with Crippen LogP contribution in [0, 0.1) is 0 Å². The normalized spacial score (nSPS) is 11.6. The van der Waals surface area contributed by atoms with Crippen molar-refractivity contribution in [2.75, 3.05) is 0 Å². The van der Waals surface area contributed by atoms with E-state index in [9.17, 15) is 0 Å². The molecule has 3 heteroatoms. The number of benzene rings is 7. The Kier molecular flexibility index (Phi) is 7.21. The second-order valence-corrected chi connectivity index (χ2v) is 12.5. The molecule has 9 rings (SSSR count). The molecule has 1 aliphatic carbocycles. The average Bonchev–Trinajstić information content (AvgIpc) is 3.57. The Morgan fingerprint density at radius 2 is 0.673 bits per heavy atom. The van der Waals surface area contributed by atoms with Gasteiger partial charge in [0.1, 0.15) is 0 Å². The fourth-order valence-electron chi connectivity index (χ4n) is 6.82. The summed E-state index contributed by atoms with van der Waals surface area (Å²) >= 11 is 0. The molecule has 0 fully saturated rings. The number of hydrogen-bond donors (Lipinski definition) is 0. The Balaban J connectivity index is 1.22. The van der Waals surface area contributed by atoms with Gasteiger partial charge in [-0.2, -0.15) is 0 Å². The van der Waals surface area contributed by atoms with E-state index in [1.807, 2.05) is 60.7 Å². The second kappa shape index (κ2) is 12.3. The molecule has 0 bridgehead atoms. The molecule has 8 aromatic rings. The highest BCUT2D eigenvalue weighted by Gasteiger charge is 2.20. The SMILES string of the molecule is c1ccc(-c2ccc(-c3cc(-c4ccc5c(c4)-c4ccccc4C5)cc(-c4nc(-c5ccccc5)nc(-c5ccccc5)n4)c3)cc2)cc1. The van der Waals surface area contributed by atoms with E-state index in [2.05, 4.69) is 115 Å². The van der Waals surface area contributed by atoms with Crippen molar-refractivity contribution in [1.29, 1.82) is 0 Å². The third kappa shape index (κ3) is 5.62. The summed E-state index contributed by atoms with van der Waals surface area (Å²) in [6.45, 7) is 0. The van der Waals surface area contributed by atoms with Gasteiger partial charge in [0.2, 0.25) is 0 Å². The summed E-state index contributed by atoms with van der Waals surface area (Å²) < 4.78 is 0. The molecule has 49 heavy (non-hydrogen) atoms. The van der Waals surface area contributed by atoms with Crippen molar-refractivity contribution in [3.8, 4) is 78.7 Å². The molecule has 0 amide bonds. The van der Waals surface area contributed by atoms with E-state index in [1.54, 1.807) is 0 Å². The van der Waals surface area contributed by atoms with E-state index in [0.29, 0.717) is 17.5 Å². The van der Waals surface area contributed by atoms with Crippen LogP contribution in [0.15, 0.2) is 176 Å². The molecule has 1 aromatic heterocycles. The van der Waals surface area contributed by atoms with E-state index in [-0.39, 0.29) is 0 Å². The van der Waals surface area contributed by atoms with Crippen molar-refractivity contribution in [2.24, 2.45) is 0 Å². The fourth-order valence-corrected chi connectivity index (χ4v) is 6.82. The van der Waals surface area contributed by atoms with E-state index in [4.69, 9.17) is 15.0 Å². The van der Waals surface area contributed by atoms with Gasteiger partial charge in [-0.25, -0.2) is 15.0 Å². The first-order chi connectivity index (χ1) is 24.2. The van der Waals surface area contributed by atoms with Crippen LogP contribution in [0.2, 0.25) is 0 Å². The maximum Gasteiger partial charge on any atom is 0.164 e. The van der Waals surface area contributed by atoms with Gasteiger partial charge in [-0.1, -0.05) is 152 Å². The lowest BCUT2D eigenvalue weighted by molar-refractivity contribution is 1.07. The lowest BCUT2D eigenvalue weighted by Gasteiger charge is -2.14. The maximum absolute atomic E-state index is 5.09. The maximum atomic E-state index is 5.09. The van der Waals surface area contributed by atoms with Crippen LogP contribution in [-0.4, -0.2) is 15.0 Å². The lowest BCUT2D eigenvalue weighted by Crippen LogP contribution is -2.00. The molecule has 0 aliphatic heterocycles. The van der Waals surface area contributed by atoms with Crippen molar-refractivity contribution in [2.45, 2.75) is 6.42 Å². The highest BCUT2D eigenvalue weighted by Crippen LogP contribution is 2.40. The van der Waals surface area contributed by atoms with Gasteiger partial charge in [0.15, 0.2) is 17.5 Å². The minimum atomic E-state index is 0.642. The van der Waals surface area contributed by atoms with Crippen LogP contribution in [0.4, 0.5) is 0 Å². The van der Waals surface area contributed by atoms with Crippen LogP contribution in [0.5, 0.6) is 0 Å². The molecule has 0 saturated heterocycles.